The summed E-state index contributed by atoms with van der Waals surface area (Å²) in [5.41, 5.74) is 1.23. The lowest BCUT2D eigenvalue weighted by molar-refractivity contribution is 0.255. The van der Waals surface area contributed by atoms with Gasteiger partial charge in [-0.25, -0.2) is 8.42 Å². The molecule has 0 saturated heterocycles. The molecule has 0 aliphatic heterocycles. The first kappa shape index (κ1) is 18.0. The van der Waals surface area contributed by atoms with Gasteiger partial charge in [0, 0.05) is 12.6 Å². The minimum Gasteiger partial charge on any atom is -0.497 e. The lowest BCUT2D eigenvalue weighted by Gasteiger charge is -2.22. The van der Waals surface area contributed by atoms with Crippen molar-refractivity contribution in [3.05, 3.63) is 60.2 Å². The van der Waals surface area contributed by atoms with E-state index >= 15 is 0 Å². The second kappa shape index (κ2) is 8.02. The summed E-state index contributed by atoms with van der Waals surface area (Å²) >= 11 is 0. The predicted octanol–water partition coefficient (Wildman–Crippen LogP) is 3.52. The average molecular weight is 359 g/mol. The van der Waals surface area contributed by atoms with E-state index in [-0.39, 0.29) is 5.75 Å². The van der Waals surface area contributed by atoms with Crippen molar-refractivity contribution in [1.29, 1.82) is 0 Å². The van der Waals surface area contributed by atoms with Gasteiger partial charge < -0.3 is 4.74 Å². The molecule has 0 amide bonds. The Morgan fingerprint density at radius 2 is 1.72 bits per heavy atom. The van der Waals surface area contributed by atoms with Crippen LogP contribution in [0.25, 0.3) is 0 Å². The van der Waals surface area contributed by atoms with Gasteiger partial charge in [-0.3, -0.25) is 4.90 Å². The molecular formula is C20H25NO3S. The van der Waals surface area contributed by atoms with Crippen LogP contribution in [0, 0.1) is 0 Å². The molecule has 1 aliphatic rings. The van der Waals surface area contributed by atoms with Gasteiger partial charge >= 0.3 is 0 Å². The largest absolute Gasteiger partial charge is 0.497 e. The zero-order valence-electron chi connectivity index (χ0n) is 14.6. The molecule has 0 bridgehead atoms. The van der Waals surface area contributed by atoms with Crippen LogP contribution in [0.15, 0.2) is 59.5 Å². The van der Waals surface area contributed by atoms with Gasteiger partial charge in [-0.2, -0.15) is 0 Å². The molecule has 0 N–H and O–H groups in total. The molecule has 1 saturated carbocycles. The van der Waals surface area contributed by atoms with Crippen molar-refractivity contribution in [1.82, 2.24) is 4.90 Å². The Bertz CT molecular complexity index is 768. The summed E-state index contributed by atoms with van der Waals surface area (Å²) in [6.07, 6.45) is 3.08. The summed E-state index contributed by atoms with van der Waals surface area (Å²) < 4.78 is 30.0. The van der Waals surface area contributed by atoms with Crippen LogP contribution in [0.5, 0.6) is 5.75 Å². The molecule has 134 valence electrons. The number of benzene rings is 2. The topological polar surface area (TPSA) is 46.6 Å². The van der Waals surface area contributed by atoms with Crippen molar-refractivity contribution in [2.24, 2.45) is 0 Å². The van der Waals surface area contributed by atoms with Crippen LogP contribution in [0.1, 0.15) is 24.8 Å². The molecule has 2 aromatic rings. The Morgan fingerprint density at radius 1 is 1.04 bits per heavy atom. The van der Waals surface area contributed by atoms with Gasteiger partial charge in [-0.05, 0) is 55.6 Å². The Balaban J connectivity index is 1.55. The van der Waals surface area contributed by atoms with Crippen molar-refractivity contribution < 1.29 is 13.2 Å². The zero-order valence-corrected chi connectivity index (χ0v) is 15.4. The Kier molecular flexibility index (Phi) is 5.76. The zero-order chi connectivity index (χ0) is 17.7. The van der Waals surface area contributed by atoms with Crippen LogP contribution in [-0.2, 0) is 16.4 Å². The third-order valence-corrected chi connectivity index (χ3v) is 6.39. The number of sulfone groups is 1. The van der Waals surface area contributed by atoms with Gasteiger partial charge in [0.2, 0.25) is 0 Å². The Hall–Kier alpha value is -1.85. The standard InChI is InChI=1S/C20H25NO3S/c1-24-19-12-8-17(9-13-19)16-21(18-10-11-18)14-5-15-25(22,23)20-6-3-2-4-7-20/h2-4,6-9,12-13,18H,5,10-11,14-16H2,1H3. The summed E-state index contributed by atoms with van der Waals surface area (Å²) in [5.74, 6) is 1.05. The van der Waals surface area contributed by atoms with Crippen LogP contribution < -0.4 is 4.74 Å². The minimum absolute atomic E-state index is 0.197. The van der Waals surface area contributed by atoms with Gasteiger partial charge in [0.05, 0.1) is 17.8 Å². The van der Waals surface area contributed by atoms with Crippen molar-refractivity contribution in [3.8, 4) is 5.75 Å². The lowest BCUT2D eigenvalue weighted by atomic mass is 10.2. The summed E-state index contributed by atoms with van der Waals surface area (Å²) in [5, 5.41) is 0. The number of hydrogen-bond donors (Lipinski definition) is 0. The van der Waals surface area contributed by atoms with E-state index in [1.54, 1.807) is 31.4 Å². The van der Waals surface area contributed by atoms with Crippen LogP contribution in [0.3, 0.4) is 0 Å². The second-order valence-corrected chi connectivity index (χ2v) is 8.64. The highest BCUT2D eigenvalue weighted by Gasteiger charge is 2.29. The maximum Gasteiger partial charge on any atom is 0.178 e. The van der Waals surface area contributed by atoms with E-state index in [1.807, 2.05) is 18.2 Å². The van der Waals surface area contributed by atoms with E-state index in [0.29, 0.717) is 17.4 Å². The van der Waals surface area contributed by atoms with E-state index in [9.17, 15) is 8.42 Å². The van der Waals surface area contributed by atoms with E-state index < -0.39 is 9.84 Å². The van der Waals surface area contributed by atoms with Crippen molar-refractivity contribution >= 4 is 9.84 Å². The lowest BCUT2D eigenvalue weighted by Crippen LogP contribution is -2.28. The maximum absolute atomic E-state index is 12.4. The number of rotatable bonds is 9. The first-order chi connectivity index (χ1) is 12.1. The molecule has 1 aliphatic carbocycles. The van der Waals surface area contributed by atoms with Gasteiger partial charge in [0.25, 0.3) is 0 Å². The van der Waals surface area contributed by atoms with Crippen molar-refractivity contribution in [3.63, 3.8) is 0 Å². The van der Waals surface area contributed by atoms with E-state index in [2.05, 4.69) is 17.0 Å². The second-order valence-electron chi connectivity index (χ2n) is 6.54. The Morgan fingerprint density at radius 3 is 2.32 bits per heavy atom. The molecule has 0 atom stereocenters. The van der Waals surface area contributed by atoms with Crippen LogP contribution >= 0.6 is 0 Å². The summed E-state index contributed by atoms with van der Waals surface area (Å²) in [6, 6.07) is 17.4. The normalized spacial score (nSPS) is 14.6. The Labute approximate surface area is 150 Å². The highest BCUT2D eigenvalue weighted by atomic mass is 32.2. The summed E-state index contributed by atoms with van der Waals surface area (Å²) in [4.78, 5) is 2.82. The maximum atomic E-state index is 12.4. The van der Waals surface area contributed by atoms with Gasteiger partial charge in [-0.1, -0.05) is 30.3 Å². The molecule has 0 radical (unpaired) electrons. The molecule has 1 fully saturated rings. The minimum atomic E-state index is -3.19. The fraction of sp³-hybridized carbons (Fsp3) is 0.400. The third kappa shape index (κ3) is 5.06. The van der Waals surface area contributed by atoms with E-state index in [0.717, 1.165) is 18.8 Å². The molecular weight excluding hydrogens is 334 g/mol. The first-order valence-corrected chi connectivity index (χ1v) is 10.4. The molecule has 5 heteroatoms. The molecule has 3 rings (SSSR count). The SMILES string of the molecule is COc1ccc(CN(CCCS(=O)(=O)c2ccccc2)C2CC2)cc1. The van der Waals surface area contributed by atoms with Crippen LogP contribution in [0.2, 0.25) is 0 Å². The first-order valence-electron chi connectivity index (χ1n) is 8.73. The van der Waals surface area contributed by atoms with E-state index in [4.69, 9.17) is 4.74 Å². The molecule has 25 heavy (non-hydrogen) atoms. The smallest absolute Gasteiger partial charge is 0.178 e. The predicted molar refractivity (Wildman–Crippen MR) is 99.5 cm³/mol. The highest BCUT2D eigenvalue weighted by Crippen LogP contribution is 2.29. The molecule has 4 nitrogen and oxygen atoms in total. The summed E-state index contributed by atoms with van der Waals surface area (Å²) in [6.45, 7) is 1.67. The van der Waals surface area contributed by atoms with Gasteiger partial charge in [-0.15, -0.1) is 0 Å². The number of methoxy groups -OCH3 is 1. The molecule has 0 heterocycles. The van der Waals surface area contributed by atoms with Crippen molar-refractivity contribution in [2.45, 2.75) is 36.7 Å². The summed E-state index contributed by atoms with van der Waals surface area (Å²) in [7, 11) is -1.52. The monoisotopic (exact) mass is 359 g/mol. The molecule has 0 unspecified atom stereocenters. The third-order valence-electron chi connectivity index (χ3n) is 4.57. The average Bonchev–Trinajstić information content (AvgIpc) is 3.47. The fourth-order valence-corrected chi connectivity index (χ4v) is 4.32. The molecule has 0 spiro atoms. The van der Waals surface area contributed by atoms with Gasteiger partial charge in [0.15, 0.2) is 9.84 Å². The highest BCUT2D eigenvalue weighted by molar-refractivity contribution is 7.91. The van der Waals surface area contributed by atoms with Gasteiger partial charge in [0.1, 0.15) is 5.75 Å². The van der Waals surface area contributed by atoms with Crippen LogP contribution in [0.4, 0.5) is 0 Å². The van der Waals surface area contributed by atoms with E-state index in [1.165, 1.54) is 18.4 Å². The molecule has 0 aromatic heterocycles. The number of hydrogen-bond acceptors (Lipinski definition) is 4. The molecule has 2 aromatic carbocycles. The number of nitrogens with zero attached hydrogens (tertiary/aromatic N) is 1. The fourth-order valence-electron chi connectivity index (χ4n) is 3.00. The number of ether oxygens (including phenoxy) is 1. The quantitative estimate of drug-likeness (QED) is 0.687. The van der Waals surface area contributed by atoms with Crippen molar-refractivity contribution in [2.75, 3.05) is 19.4 Å². The van der Waals surface area contributed by atoms with Crippen LogP contribution in [-0.4, -0.2) is 38.8 Å².